The number of hydrogen-bond donors (Lipinski definition) is 1. The standard InChI is InChI=1S/C11H14INO/c1-3-13-10-7(2)14-11-8(10)5-4-6-9(11)12/h4-7,10,13H,3H2,1-2H3. The van der Waals surface area contributed by atoms with Crippen molar-refractivity contribution in [3.8, 4) is 5.75 Å². The van der Waals surface area contributed by atoms with Crippen LogP contribution in [-0.2, 0) is 0 Å². The van der Waals surface area contributed by atoms with Gasteiger partial charge in [0.05, 0.1) is 9.61 Å². The van der Waals surface area contributed by atoms with E-state index in [1.54, 1.807) is 0 Å². The molecule has 0 saturated heterocycles. The van der Waals surface area contributed by atoms with E-state index in [9.17, 15) is 0 Å². The van der Waals surface area contributed by atoms with Gasteiger partial charge in [0.2, 0.25) is 0 Å². The summed E-state index contributed by atoms with van der Waals surface area (Å²) in [6.45, 7) is 5.21. The molecular weight excluding hydrogens is 289 g/mol. The molecule has 1 N–H and O–H groups in total. The van der Waals surface area contributed by atoms with E-state index in [2.05, 4.69) is 60.0 Å². The molecule has 2 atom stereocenters. The van der Waals surface area contributed by atoms with E-state index in [0.29, 0.717) is 6.04 Å². The molecule has 0 spiro atoms. The van der Waals surface area contributed by atoms with Crippen LogP contribution in [0.2, 0.25) is 0 Å². The Morgan fingerprint density at radius 3 is 3.00 bits per heavy atom. The summed E-state index contributed by atoms with van der Waals surface area (Å²) >= 11 is 2.32. The number of benzene rings is 1. The SMILES string of the molecule is CCNC1c2cccc(I)c2OC1C. The molecule has 2 nitrogen and oxygen atoms in total. The van der Waals surface area contributed by atoms with Crippen molar-refractivity contribution in [1.29, 1.82) is 0 Å². The molecule has 0 saturated carbocycles. The van der Waals surface area contributed by atoms with Crippen LogP contribution in [0.1, 0.15) is 25.5 Å². The Bertz CT molecular complexity index is 340. The van der Waals surface area contributed by atoms with E-state index in [-0.39, 0.29) is 6.10 Å². The van der Waals surface area contributed by atoms with Gasteiger partial charge in [-0.05, 0) is 42.1 Å². The molecule has 0 fully saturated rings. The van der Waals surface area contributed by atoms with Crippen LogP contribution in [-0.4, -0.2) is 12.6 Å². The smallest absolute Gasteiger partial charge is 0.138 e. The number of rotatable bonds is 2. The molecule has 1 aliphatic rings. The molecule has 1 heterocycles. The predicted octanol–water partition coefficient (Wildman–Crippen LogP) is 2.72. The first-order chi connectivity index (χ1) is 6.74. The summed E-state index contributed by atoms with van der Waals surface area (Å²) in [4.78, 5) is 0. The third-order valence-electron chi connectivity index (χ3n) is 2.53. The number of nitrogens with one attached hydrogen (secondary N) is 1. The van der Waals surface area contributed by atoms with Gasteiger partial charge in [-0.2, -0.15) is 0 Å². The summed E-state index contributed by atoms with van der Waals surface area (Å²) < 4.78 is 7.03. The number of ether oxygens (including phenoxy) is 1. The molecule has 1 aromatic rings. The fourth-order valence-corrected chi connectivity index (χ4v) is 2.54. The van der Waals surface area contributed by atoms with Crippen LogP contribution in [0.3, 0.4) is 0 Å². The van der Waals surface area contributed by atoms with Crippen LogP contribution < -0.4 is 10.1 Å². The van der Waals surface area contributed by atoms with Crippen LogP contribution in [0.5, 0.6) is 5.75 Å². The summed E-state index contributed by atoms with van der Waals surface area (Å²) in [5.74, 6) is 1.06. The lowest BCUT2D eigenvalue weighted by Crippen LogP contribution is -2.28. The molecule has 0 aliphatic carbocycles. The van der Waals surface area contributed by atoms with Gasteiger partial charge in [-0.3, -0.25) is 0 Å². The highest BCUT2D eigenvalue weighted by atomic mass is 127. The average molecular weight is 303 g/mol. The van der Waals surface area contributed by atoms with Gasteiger partial charge in [-0.25, -0.2) is 0 Å². The van der Waals surface area contributed by atoms with Gasteiger partial charge in [-0.15, -0.1) is 0 Å². The van der Waals surface area contributed by atoms with Crippen LogP contribution in [0, 0.1) is 3.57 Å². The van der Waals surface area contributed by atoms with E-state index in [4.69, 9.17) is 4.74 Å². The molecule has 0 bridgehead atoms. The minimum Gasteiger partial charge on any atom is -0.487 e. The summed E-state index contributed by atoms with van der Waals surface area (Å²) in [6.07, 6.45) is 0.237. The topological polar surface area (TPSA) is 21.3 Å². The van der Waals surface area contributed by atoms with Gasteiger partial charge in [0.1, 0.15) is 11.9 Å². The second-order valence-electron chi connectivity index (χ2n) is 3.52. The van der Waals surface area contributed by atoms with E-state index in [1.807, 2.05) is 0 Å². The highest BCUT2D eigenvalue weighted by Crippen LogP contribution is 2.39. The Kier molecular flexibility index (Phi) is 2.97. The molecule has 2 unspecified atom stereocenters. The normalized spacial score (nSPS) is 24.5. The Morgan fingerprint density at radius 1 is 1.50 bits per heavy atom. The zero-order valence-electron chi connectivity index (χ0n) is 8.38. The second-order valence-corrected chi connectivity index (χ2v) is 4.68. The van der Waals surface area contributed by atoms with Gasteiger partial charge < -0.3 is 10.1 Å². The molecule has 0 aromatic heterocycles. The Morgan fingerprint density at radius 2 is 2.29 bits per heavy atom. The van der Waals surface area contributed by atoms with Gasteiger partial charge in [0.15, 0.2) is 0 Å². The third kappa shape index (κ3) is 1.63. The number of halogens is 1. The monoisotopic (exact) mass is 303 g/mol. The van der Waals surface area contributed by atoms with Crippen LogP contribution in [0.4, 0.5) is 0 Å². The Hall–Kier alpha value is -0.290. The molecule has 76 valence electrons. The molecular formula is C11H14INO. The van der Waals surface area contributed by atoms with E-state index < -0.39 is 0 Å². The number of fused-ring (bicyclic) bond motifs is 1. The average Bonchev–Trinajstić information content (AvgIpc) is 2.47. The number of hydrogen-bond acceptors (Lipinski definition) is 2. The van der Waals surface area contributed by atoms with Crippen molar-refractivity contribution in [2.24, 2.45) is 0 Å². The van der Waals surface area contributed by atoms with Crippen molar-refractivity contribution >= 4 is 22.6 Å². The van der Waals surface area contributed by atoms with Crippen LogP contribution >= 0.6 is 22.6 Å². The van der Waals surface area contributed by atoms with Crippen molar-refractivity contribution in [2.75, 3.05) is 6.54 Å². The molecule has 3 heteroatoms. The van der Waals surface area contributed by atoms with Crippen molar-refractivity contribution in [3.05, 3.63) is 27.3 Å². The van der Waals surface area contributed by atoms with Crippen molar-refractivity contribution in [2.45, 2.75) is 26.0 Å². The predicted molar refractivity (Wildman–Crippen MR) is 65.7 cm³/mol. The zero-order valence-corrected chi connectivity index (χ0v) is 10.5. The van der Waals surface area contributed by atoms with Crippen molar-refractivity contribution in [1.82, 2.24) is 5.32 Å². The Balaban J connectivity index is 2.37. The summed E-state index contributed by atoms with van der Waals surface area (Å²) in [5.41, 5.74) is 1.30. The summed E-state index contributed by atoms with van der Waals surface area (Å²) in [6, 6.07) is 6.67. The van der Waals surface area contributed by atoms with Gasteiger partial charge in [-0.1, -0.05) is 19.1 Å². The third-order valence-corrected chi connectivity index (χ3v) is 3.38. The summed E-state index contributed by atoms with van der Waals surface area (Å²) in [5, 5.41) is 3.45. The van der Waals surface area contributed by atoms with E-state index in [0.717, 1.165) is 12.3 Å². The maximum Gasteiger partial charge on any atom is 0.138 e. The van der Waals surface area contributed by atoms with Gasteiger partial charge in [0.25, 0.3) is 0 Å². The number of para-hydroxylation sites is 1. The lowest BCUT2D eigenvalue weighted by molar-refractivity contribution is 0.210. The Labute approximate surface area is 98.2 Å². The zero-order chi connectivity index (χ0) is 10.1. The lowest BCUT2D eigenvalue weighted by Gasteiger charge is -2.14. The molecule has 1 aromatic carbocycles. The minimum atomic E-state index is 0.237. The maximum absolute atomic E-state index is 5.83. The quantitative estimate of drug-likeness (QED) is 0.848. The minimum absolute atomic E-state index is 0.237. The molecule has 2 rings (SSSR count). The lowest BCUT2D eigenvalue weighted by atomic mass is 10.0. The van der Waals surface area contributed by atoms with Crippen molar-refractivity contribution < 1.29 is 4.74 Å². The fraction of sp³-hybridized carbons (Fsp3) is 0.455. The van der Waals surface area contributed by atoms with Gasteiger partial charge in [0, 0.05) is 5.56 Å². The van der Waals surface area contributed by atoms with Crippen LogP contribution in [0.15, 0.2) is 18.2 Å². The van der Waals surface area contributed by atoms with Crippen LogP contribution in [0.25, 0.3) is 0 Å². The molecule has 0 radical (unpaired) electrons. The van der Waals surface area contributed by atoms with E-state index in [1.165, 1.54) is 9.13 Å². The van der Waals surface area contributed by atoms with E-state index >= 15 is 0 Å². The molecule has 0 amide bonds. The maximum atomic E-state index is 5.83. The first kappa shape index (κ1) is 10.2. The fourth-order valence-electron chi connectivity index (χ4n) is 1.90. The largest absolute Gasteiger partial charge is 0.487 e. The number of likely N-dealkylation sites (N-methyl/N-ethyl adjacent to an activating group) is 1. The van der Waals surface area contributed by atoms with Crippen molar-refractivity contribution in [3.63, 3.8) is 0 Å². The second kappa shape index (κ2) is 4.06. The van der Waals surface area contributed by atoms with Gasteiger partial charge >= 0.3 is 0 Å². The first-order valence-corrected chi connectivity index (χ1v) is 6.00. The summed E-state index contributed by atoms with van der Waals surface area (Å²) in [7, 11) is 0. The molecule has 14 heavy (non-hydrogen) atoms. The molecule has 1 aliphatic heterocycles. The highest BCUT2D eigenvalue weighted by molar-refractivity contribution is 14.1. The highest BCUT2D eigenvalue weighted by Gasteiger charge is 2.31. The first-order valence-electron chi connectivity index (χ1n) is 4.92.